The zero-order valence-corrected chi connectivity index (χ0v) is 10.7. The highest BCUT2D eigenvalue weighted by Crippen LogP contribution is 2.17. The van der Waals surface area contributed by atoms with Crippen LogP contribution in [0.5, 0.6) is 5.75 Å². The first-order valence-corrected chi connectivity index (χ1v) is 5.95. The Bertz CT molecular complexity index is 712. The van der Waals surface area contributed by atoms with Crippen LogP contribution in [0.25, 0.3) is 6.08 Å². The van der Waals surface area contributed by atoms with Crippen molar-refractivity contribution in [3.05, 3.63) is 76.1 Å². The van der Waals surface area contributed by atoms with Crippen LogP contribution < -0.4 is 4.74 Å². The second-order valence-electron chi connectivity index (χ2n) is 4.04. The molecule has 2 aromatic carbocycles. The second kappa shape index (κ2) is 6.42. The van der Waals surface area contributed by atoms with Crippen molar-refractivity contribution in [3.8, 4) is 5.75 Å². The van der Waals surface area contributed by atoms with Gasteiger partial charge in [-0.15, -0.1) is 0 Å². The fourth-order valence-electron chi connectivity index (χ4n) is 1.58. The van der Waals surface area contributed by atoms with Gasteiger partial charge in [0.15, 0.2) is 11.6 Å². The van der Waals surface area contributed by atoms with E-state index >= 15 is 0 Å². The molecular weight excluding hydrogens is 277 g/mol. The number of nitro benzene ring substituents is 1. The van der Waals surface area contributed by atoms with E-state index in [0.717, 1.165) is 6.08 Å². The summed E-state index contributed by atoms with van der Waals surface area (Å²) < 4.78 is 18.1. The van der Waals surface area contributed by atoms with E-state index in [4.69, 9.17) is 4.74 Å². The van der Waals surface area contributed by atoms with Crippen LogP contribution in [0, 0.1) is 15.9 Å². The third-order valence-electron chi connectivity index (χ3n) is 2.54. The minimum atomic E-state index is -0.772. The van der Waals surface area contributed by atoms with Crippen LogP contribution in [-0.2, 0) is 4.79 Å². The monoisotopic (exact) mass is 287 g/mol. The van der Waals surface area contributed by atoms with Crippen LogP contribution in [0.2, 0.25) is 0 Å². The first-order chi connectivity index (χ1) is 10.1. The van der Waals surface area contributed by atoms with Crippen LogP contribution in [0.3, 0.4) is 0 Å². The largest absolute Gasteiger partial charge is 0.420 e. The first-order valence-electron chi connectivity index (χ1n) is 5.95. The van der Waals surface area contributed by atoms with Crippen molar-refractivity contribution in [3.63, 3.8) is 0 Å². The summed E-state index contributed by atoms with van der Waals surface area (Å²) in [5, 5.41) is 10.6. The minimum Gasteiger partial charge on any atom is -0.420 e. The van der Waals surface area contributed by atoms with Gasteiger partial charge in [0, 0.05) is 18.2 Å². The molecule has 0 aliphatic heterocycles. The van der Waals surface area contributed by atoms with Gasteiger partial charge in [-0.1, -0.05) is 24.3 Å². The Kier molecular flexibility index (Phi) is 4.40. The maximum absolute atomic E-state index is 13.3. The highest BCUT2D eigenvalue weighted by Gasteiger charge is 2.07. The molecular formula is C15H10FNO4. The molecule has 2 aromatic rings. The molecule has 0 aliphatic carbocycles. The number of para-hydroxylation sites is 1. The fourth-order valence-corrected chi connectivity index (χ4v) is 1.58. The van der Waals surface area contributed by atoms with E-state index in [-0.39, 0.29) is 11.4 Å². The molecule has 5 nitrogen and oxygen atoms in total. The molecule has 0 unspecified atom stereocenters. The molecule has 106 valence electrons. The second-order valence-corrected chi connectivity index (χ2v) is 4.04. The molecule has 6 heteroatoms. The van der Waals surface area contributed by atoms with Crippen LogP contribution in [0.15, 0.2) is 54.6 Å². The van der Waals surface area contributed by atoms with Gasteiger partial charge in [0.1, 0.15) is 0 Å². The molecule has 0 atom stereocenters. The minimum absolute atomic E-state index is 0.0837. The summed E-state index contributed by atoms with van der Waals surface area (Å²) in [5.41, 5.74) is 0.384. The number of rotatable bonds is 4. The molecule has 0 fully saturated rings. The summed E-state index contributed by atoms with van der Waals surface area (Å²) in [6, 6.07) is 11.3. The van der Waals surface area contributed by atoms with E-state index in [0.29, 0.717) is 5.56 Å². The Balaban J connectivity index is 2.07. The number of ether oxygens (including phenoxy) is 1. The summed E-state index contributed by atoms with van der Waals surface area (Å²) in [6.45, 7) is 0. The Morgan fingerprint density at radius 3 is 2.67 bits per heavy atom. The third-order valence-corrected chi connectivity index (χ3v) is 2.54. The van der Waals surface area contributed by atoms with Gasteiger partial charge < -0.3 is 4.74 Å². The topological polar surface area (TPSA) is 69.4 Å². The van der Waals surface area contributed by atoms with E-state index in [2.05, 4.69) is 0 Å². The number of nitrogens with zero attached hydrogens (tertiary/aromatic N) is 1. The molecule has 21 heavy (non-hydrogen) atoms. The summed E-state index contributed by atoms with van der Waals surface area (Å²) >= 11 is 0. The number of halogens is 1. The SMILES string of the molecule is O=C(/C=C/c1cccc([N+](=O)[O-])c1)Oc1ccccc1F. The molecule has 0 aliphatic rings. The number of carbonyl (C=O) groups excluding carboxylic acids is 1. The zero-order valence-electron chi connectivity index (χ0n) is 10.7. The maximum Gasteiger partial charge on any atom is 0.336 e. The Morgan fingerprint density at radius 1 is 1.19 bits per heavy atom. The molecule has 2 rings (SSSR count). The number of hydrogen-bond acceptors (Lipinski definition) is 4. The van der Waals surface area contributed by atoms with Gasteiger partial charge in [-0.2, -0.15) is 0 Å². The number of nitro groups is 1. The lowest BCUT2D eigenvalue weighted by Gasteiger charge is -2.01. The van der Waals surface area contributed by atoms with Gasteiger partial charge in [0.2, 0.25) is 0 Å². The third kappa shape index (κ3) is 3.97. The first kappa shape index (κ1) is 14.4. The molecule has 0 saturated carbocycles. The molecule has 0 radical (unpaired) electrons. The maximum atomic E-state index is 13.3. The normalized spacial score (nSPS) is 10.5. The number of benzene rings is 2. The lowest BCUT2D eigenvalue weighted by Crippen LogP contribution is -2.04. The van der Waals surface area contributed by atoms with Gasteiger partial charge in [0.05, 0.1) is 4.92 Å². The van der Waals surface area contributed by atoms with Gasteiger partial charge >= 0.3 is 5.97 Å². The highest BCUT2D eigenvalue weighted by molar-refractivity contribution is 5.88. The van der Waals surface area contributed by atoms with E-state index in [9.17, 15) is 19.3 Å². The molecule has 0 amide bonds. The quantitative estimate of drug-likeness (QED) is 0.284. The van der Waals surface area contributed by atoms with Crippen LogP contribution in [0.4, 0.5) is 10.1 Å². The summed E-state index contributed by atoms with van der Waals surface area (Å²) in [4.78, 5) is 21.6. The number of esters is 1. The summed E-state index contributed by atoms with van der Waals surface area (Å²) in [6.07, 6.45) is 2.43. The Morgan fingerprint density at radius 2 is 1.95 bits per heavy atom. The average Bonchev–Trinajstić information content (AvgIpc) is 2.48. The van der Waals surface area contributed by atoms with Gasteiger partial charge in [0.25, 0.3) is 5.69 Å². The van der Waals surface area contributed by atoms with Crippen LogP contribution >= 0.6 is 0 Å². The standard InChI is InChI=1S/C15H10FNO4/c16-13-6-1-2-7-14(13)21-15(18)9-8-11-4-3-5-12(10-11)17(19)20/h1-10H/b9-8+. The fraction of sp³-hybridized carbons (Fsp3) is 0. The van der Waals surface area contributed by atoms with Crippen molar-refractivity contribution in [2.75, 3.05) is 0 Å². The van der Waals surface area contributed by atoms with E-state index in [1.54, 1.807) is 6.07 Å². The Hall–Kier alpha value is -3.02. The van der Waals surface area contributed by atoms with Crippen molar-refractivity contribution >= 4 is 17.7 Å². The molecule has 0 bridgehead atoms. The molecule has 0 heterocycles. The lowest BCUT2D eigenvalue weighted by atomic mass is 10.2. The van der Waals surface area contributed by atoms with E-state index in [1.807, 2.05) is 0 Å². The number of non-ortho nitro benzene ring substituents is 1. The van der Waals surface area contributed by atoms with Crippen molar-refractivity contribution in [2.24, 2.45) is 0 Å². The Labute approximate surface area is 119 Å². The van der Waals surface area contributed by atoms with Crippen molar-refractivity contribution in [1.29, 1.82) is 0 Å². The van der Waals surface area contributed by atoms with Crippen molar-refractivity contribution < 1.29 is 18.8 Å². The molecule has 0 saturated heterocycles. The molecule has 0 spiro atoms. The van der Waals surface area contributed by atoms with Gasteiger partial charge in [-0.05, 0) is 23.8 Å². The molecule has 0 N–H and O–H groups in total. The predicted octanol–water partition coefficient (Wildman–Crippen LogP) is 3.35. The van der Waals surface area contributed by atoms with Gasteiger partial charge in [-0.3, -0.25) is 10.1 Å². The summed E-state index contributed by atoms with van der Waals surface area (Å²) in [5.74, 6) is -1.59. The smallest absolute Gasteiger partial charge is 0.336 e. The number of hydrogen-bond donors (Lipinski definition) is 0. The van der Waals surface area contributed by atoms with Crippen LogP contribution in [-0.4, -0.2) is 10.9 Å². The number of carbonyl (C=O) groups is 1. The zero-order chi connectivity index (χ0) is 15.2. The summed E-state index contributed by atoms with van der Waals surface area (Å²) in [7, 11) is 0. The molecule has 0 aromatic heterocycles. The highest BCUT2D eigenvalue weighted by atomic mass is 19.1. The van der Waals surface area contributed by atoms with Crippen molar-refractivity contribution in [1.82, 2.24) is 0 Å². The van der Waals surface area contributed by atoms with Crippen LogP contribution in [0.1, 0.15) is 5.56 Å². The van der Waals surface area contributed by atoms with Crippen molar-refractivity contribution in [2.45, 2.75) is 0 Å². The lowest BCUT2D eigenvalue weighted by molar-refractivity contribution is -0.384. The van der Waals surface area contributed by atoms with Gasteiger partial charge in [-0.25, -0.2) is 9.18 Å². The van der Waals surface area contributed by atoms with E-state index in [1.165, 1.54) is 48.5 Å². The predicted molar refractivity (Wildman–Crippen MR) is 74.2 cm³/mol. The van der Waals surface area contributed by atoms with E-state index < -0.39 is 16.7 Å². The average molecular weight is 287 g/mol.